The van der Waals surface area contributed by atoms with Gasteiger partial charge in [0, 0.05) is 0 Å². The van der Waals surface area contributed by atoms with Gasteiger partial charge in [-0.25, -0.2) is 0 Å². The first-order valence-corrected chi connectivity index (χ1v) is 18.9. The van der Waals surface area contributed by atoms with E-state index in [1.807, 2.05) is 18.2 Å². The van der Waals surface area contributed by atoms with E-state index in [1.165, 1.54) is 12.1 Å². The molecule has 2 aromatic rings. The molecule has 0 spiro atoms. The average Bonchev–Trinajstić information content (AvgIpc) is 2.80. The number of hydrogen-bond acceptors (Lipinski definition) is 5. The summed E-state index contributed by atoms with van der Waals surface area (Å²) in [5.74, 6) is 1.16. The maximum Gasteiger partial charge on any atom is 0 e. The minimum atomic E-state index is -0.198. The van der Waals surface area contributed by atoms with Gasteiger partial charge in [0.1, 0.15) is 0 Å². The molecule has 2 heterocycles. The summed E-state index contributed by atoms with van der Waals surface area (Å²) in [6, 6.07) is 13.5. The van der Waals surface area contributed by atoms with E-state index < -0.39 is 0 Å². The molecule has 0 unspecified atom stereocenters. The molecule has 2 aliphatic heterocycles. The third-order valence-electron chi connectivity index (χ3n) is 5.14. The molecule has 0 bridgehead atoms. The summed E-state index contributed by atoms with van der Waals surface area (Å²) in [6.45, 7) is 0.980. The first kappa shape index (κ1) is 28.0. The number of nitrogens with zero attached hydrogens (tertiary/aromatic N) is 1. The van der Waals surface area contributed by atoms with E-state index >= 15 is 0 Å². The normalized spacial score (nSPS) is 16.7. The Labute approximate surface area is 218 Å². The molecule has 0 aliphatic carbocycles. The second-order valence-corrected chi connectivity index (χ2v) is 15.4. The fourth-order valence-corrected chi connectivity index (χ4v) is 12.3. The fraction of sp³-hybridized carbons (Fsp3) is 0.160. The maximum atomic E-state index is 12.4. The number of rotatable bonds is 6. The number of halogens is 2. The van der Waals surface area contributed by atoms with Gasteiger partial charge in [-0.2, -0.15) is 0 Å². The molecule has 6 nitrogen and oxygen atoms in total. The van der Waals surface area contributed by atoms with E-state index in [0.717, 1.165) is 41.0 Å². The van der Waals surface area contributed by atoms with Crippen molar-refractivity contribution < 1.29 is 32.5 Å². The molecule has 0 atom stereocenters. The van der Waals surface area contributed by atoms with Crippen molar-refractivity contribution >= 4 is 40.1 Å². The molecule has 2 aromatic carbocycles. The van der Waals surface area contributed by atoms with Gasteiger partial charge in [0.25, 0.3) is 0 Å². The smallest absolute Gasteiger partial charge is 0 e. The molecule has 186 valence electrons. The quantitative estimate of drug-likeness (QED) is 0.114. The van der Waals surface area contributed by atoms with Crippen molar-refractivity contribution in [1.82, 2.24) is 13.7 Å². The first-order valence-electron chi connectivity index (χ1n) is 10.4. The number of allylic oxidation sites excluding steroid dienone is 5. The molecule has 1 amide bonds. The number of amides is 1. The summed E-state index contributed by atoms with van der Waals surface area (Å²) < 4.78 is 4.58. The Morgan fingerprint density at radius 1 is 1.11 bits per heavy atom. The van der Waals surface area contributed by atoms with Crippen molar-refractivity contribution in [2.45, 2.75) is 12.8 Å². The van der Waals surface area contributed by atoms with Gasteiger partial charge in [-0.3, -0.25) is 0 Å². The van der Waals surface area contributed by atoms with E-state index in [0.29, 0.717) is 18.7 Å². The van der Waals surface area contributed by atoms with Gasteiger partial charge in [-0.15, -0.1) is 0 Å². The monoisotopic (exact) mass is 924 g/mol. The van der Waals surface area contributed by atoms with Crippen molar-refractivity contribution in [3.05, 3.63) is 96.2 Å². The number of benzene rings is 2. The number of fused-ring (bicyclic) bond motifs is 1. The molecule has 0 fully saturated rings. The van der Waals surface area contributed by atoms with Gasteiger partial charge in [0.05, 0.1) is 0 Å². The molecule has 10 heteroatoms. The number of carbonyl (C=O) groups excluding carboxylic acids is 1. The molecule has 0 saturated carbocycles. The van der Waals surface area contributed by atoms with Crippen LogP contribution in [-0.4, -0.2) is 44.2 Å². The van der Waals surface area contributed by atoms with Crippen LogP contribution in [0.25, 0.3) is 5.57 Å². The molecule has 4 N–H and O–H groups in total. The Bertz CT molecular complexity index is 1170. The standard InChI is InChI=1S/C24H23BI2N3O3.CH3.Cm/c25-20-15-26-27-30-21(20)6-3-4-17(19-5-1-2-7-22(19)32)14-23(30)28-12-13-29-24(33)16-8-10-18(31)11-9-16;;/h1-2,4-5,7-11,14-15,28,31-32H,3,6,12-13H2,(H,29,33);1H3;/q2*-1;/b17-4?,23-14-;;. The summed E-state index contributed by atoms with van der Waals surface area (Å²) >= 11 is -0.270. The van der Waals surface area contributed by atoms with Crippen molar-refractivity contribution in [2.75, 3.05) is 13.1 Å². The SMILES string of the molecule is [B]C1=C2CCC=C(c3ccccc3O)/C=C(/NCCNC(=O)c3ccc(O)cc3)N2[I-]I=C1.[CH3-].[Cm]. The van der Waals surface area contributed by atoms with Crippen LogP contribution < -0.4 is 28.1 Å². The van der Waals surface area contributed by atoms with Crippen LogP contribution in [0.1, 0.15) is 28.8 Å². The third-order valence-corrected chi connectivity index (χ3v) is 13.2. The predicted molar refractivity (Wildman–Crippen MR) is 143 cm³/mol. The number of nitrogens with one attached hydrogen (secondary N) is 2. The molecular formula is C25H26BCmI2N3O3-2. The van der Waals surface area contributed by atoms with E-state index in [2.05, 4.69) is 29.9 Å². The number of aromatic hydroxyl groups is 2. The third kappa shape index (κ3) is 6.88. The number of phenolic OH excluding ortho intramolecular Hbond substituents is 2. The van der Waals surface area contributed by atoms with Crippen molar-refractivity contribution in [1.29, 1.82) is 0 Å². The second-order valence-electron chi connectivity index (χ2n) is 7.41. The van der Waals surface area contributed by atoms with Crippen LogP contribution in [0.5, 0.6) is 11.5 Å². The van der Waals surface area contributed by atoms with E-state index in [9.17, 15) is 15.0 Å². The van der Waals surface area contributed by atoms with Crippen LogP contribution in [-0.2, 0) is 0 Å². The zero-order valence-corrected chi connectivity index (χ0v) is 26.4. The molecule has 0 aromatic heterocycles. The van der Waals surface area contributed by atoms with E-state index in [-0.39, 0.29) is 59.1 Å². The fourth-order valence-electron chi connectivity index (χ4n) is 3.47. The summed E-state index contributed by atoms with van der Waals surface area (Å²) in [5.41, 5.74) is 4.31. The number of carbonyl (C=O) groups is 1. The number of phenols is 2. The maximum absolute atomic E-state index is 12.4. The van der Waals surface area contributed by atoms with Crippen LogP contribution in [0.3, 0.4) is 0 Å². The van der Waals surface area contributed by atoms with Gasteiger partial charge < -0.3 is 7.43 Å². The molecule has 35 heavy (non-hydrogen) atoms. The summed E-state index contributed by atoms with van der Waals surface area (Å²) in [4.78, 5) is 12.4. The Balaban J connectivity index is 0.00000216. The van der Waals surface area contributed by atoms with Crippen LogP contribution in [0.15, 0.2) is 77.7 Å². The second kappa shape index (κ2) is 13.0. The van der Waals surface area contributed by atoms with Crippen molar-refractivity contribution in [3.8, 4) is 11.5 Å². The Morgan fingerprint density at radius 2 is 1.86 bits per heavy atom. The Kier molecular flexibility index (Phi) is 10.4. The Hall–Kier alpha value is -3.28. The largest absolute Gasteiger partial charge is 0.358 e. The number of para-hydroxylation sites is 1. The van der Waals surface area contributed by atoms with Crippen LogP contribution in [0.4, 0.5) is 0 Å². The average molecular weight is 928 g/mol. The van der Waals surface area contributed by atoms with E-state index in [1.54, 1.807) is 18.2 Å². The van der Waals surface area contributed by atoms with Crippen molar-refractivity contribution in [3.63, 3.8) is 0 Å². The van der Waals surface area contributed by atoms with Gasteiger partial charge in [0.2, 0.25) is 0 Å². The molecular weight excluding hydrogens is 902 g/mol. The summed E-state index contributed by atoms with van der Waals surface area (Å²) in [7, 11) is 6.35. The van der Waals surface area contributed by atoms with Gasteiger partial charge in [0.15, 0.2) is 0 Å². The summed E-state index contributed by atoms with van der Waals surface area (Å²) in [6.07, 6.45) is 5.92. The number of hydrogen-bond donors (Lipinski definition) is 4. The van der Waals surface area contributed by atoms with Crippen molar-refractivity contribution in [2.24, 2.45) is 0 Å². The molecule has 2 radical (unpaired) electrons. The topological polar surface area (TPSA) is 84.8 Å². The molecule has 2 aliphatic rings. The zero-order valence-electron chi connectivity index (χ0n) is 19.1. The zero-order chi connectivity index (χ0) is 23.2. The van der Waals surface area contributed by atoms with Gasteiger partial charge >= 0.3 is 213 Å². The first-order chi connectivity index (χ1) is 16.0. The van der Waals surface area contributed by atoms with Gasteiger partial charge in [-0.05, 0) is 0 Å². The molecule has 4 rings (SSSR count). The van der Waals surface area contributed by atoms with Crippen LogP contribution >= 0.6 is 16.8 Å². The van der Waals surface area contributed by atoms with E-state index in [4.69, 9.17) is 7.85 Å². The molecule has 0 saturated heterocycles. The van der Waals surface area contributed by atoms with Gasteiger partial charge in [-0.1, -0.05) is 0 Å². The summed E-state index contributed by atoms with van der Waals surface area (Å²) in [5, 5.41) is 26.2. The minimum absolute atomic E-state index is 0. The Morgan fingerprint density at radius 3 is 2.60 bits per heavy atom. The van der Waals surface area contributed by atoms with Crippen LogP contribution in [0, 0.1) is 7.43 Å². The predicted octanol–water partition coefficient (Wildman–Crippen LogP) is 0.974. The minimum Gasteiger partial charge on any atom is -0.358 e. The van der Waals surface area contributed by atoms with Crippen LogP contribution in [0.2, 0.25) is 0 Å².